The van der Waals surface area contributed by atoms with Crippen molar-refractivity contribution in [3.63, 3.8) is 0 Å². The SMILES string of the molecule is CC1(C)C2CCC1(CO)c1nnc(-c3ccccc3F)cc12. The van der Waals surface area contributed by atoms with Gasteiger partial charge in [0.15, 0.2) is 0 Å². The molecule has 2 aliphatic carbocycles. The van der Waals surface area contributed by atoms with Crippen LogP contribution < -0.4 is 0 Å². The molecule has 1 aromatic carbocycles. The molecule has 2 aliphatic rings. The molecule has 2 bridgehead atoms. The Morgan fingerprint density at radius 2 is 2.05 bits per heavy atom. The lowest BCUT2D eigenvalue weighted by Crippen LogP contribution is -2.39. The summed E-state index contributed by atoms with van der Waals surface area (Å²) in [6, 6.07) is 8.62. The number of benzene rings is 1. The van der Waals surface area contributed by atoms with Crippen molar-refractivity contribution in [2.75, 3.05) is 6.61 Å². The molecule has 0 spiro atoms. The number of aliphatic hydroxyl groups is 1. The summed E-state index contributed by atoms with van der Waals surface area (Å²) in [5, 5.41) is 18.7. The van der Waals surface area contributed by atoms with Gasteiger partial charge in [-0.1, -0.05) is 26.0 Å². The fraction of sp³-hybridized carbons (Fsp3) is 0.444. The van der Waals surface area contributed by atoms with Crippen molar-refractivity contribution in [1.82, 2.24) is 10.2 Å². The highest BCUT2D eigenvalue weighted by molar-refractivity contribution is 5.62. The fourth-order valence-corrected chi connectivity index (χ4v) is 4.58. The van der Waals surface area contributed by atoms with Crippen molar-refractivity contribution < 1.29 is 9.50 Å². The molecule has 1 fully saturated rings. The van der Waals surface area contributed by atoms with Gasteiger partial charge in [-0.05, 0) is 47.9 Å². The summed E-state index contributed by atoms with van der Waals surface area (Å²) in [6.45, 7) is 4.49. The molecule has 4 heteroatoms. The molecule has 0 amide bonds. The minimum absolute atomic E-state index is 0.0351. The lowest BCUT2D eigenvalue weighted by Gasteiger charge is -2.35. The molecule has 1 N–H and O–H groups in total. The normalized spacial score (nSPS) is 27.9. The first-order valence-electron chi connectivity index (χ1n) is 7.75. The molecule has 4 rings (SSSR count). The van der Waals surface area contributed by atoms with Crippen LogP contribution in [0.5, 0.6) is 0 Å². The standard InChI is InChI=1S/C18H19FN2O/c1-17(2)13-7-8-18(17,10-22)16-12(13)9-15(20-21-16)11-5-3-4-6-14(11)19/h3-6,9,13,22H,7-8,10H2,1-2H3. The van der Waals surface area contributed by atoms with Crippen LogP contribution in [0.15, 0.2) is 30.3 Å². The van der Waals surface area contributed by atoms with E-state index in [1.54, 1.807) is 18.2 Å². The predicted molar refractivity (Wildman–Crippen MR) is 81.9 cm³/mol. The van der Waals surface area contributed by atoms with E-state index in [0.29, 0.717) is 17.2 Å². The second-order valence-electron chi connectivity index (χ2n) is 7.07. The number of rotatable bonds is 2. The summed E-state index contributed by atoms with van der Waals surface area (Å²) in [4.78, 5) is 0. The zero-order valence-electron chi connectivity index (χ0n) is 12.8. The molecule has 1 aromatic heterocycles. The quantitative estimate of drug-likeness (QED) is 0.924. The third kappa shape index (κ3) is 1.48. The van der Waals surface area contributed by atoms with Crippen LogP contribution >= 0.6 is 0 Å². The first-order chi connectivity index (χ1) is 10.5. The van der Waals surface area contributed by atoms with E-state index in [9.17, 15) is 9.50 Å². The number of hydrogen-bond acceptors (Lipinski definition) is 3. The van der Waals surface area contributed by atoms with Crippen LogP contribution in [0, 0.1) is 11.2 Å². The lowest BCUT2D eigenvalue weighted by atomic mass is 9.69. The zero-order valence-corrected chi connectivity index (χ0v) is 12.8. The van der Waals surface area contributed by atoms with E-state index in [2.05, 4.69) is 24.0 Å². The van der Waals surface area contributed by atoms with Gasteiger partial charge < -0.3 is 5.11 Å². The van der Waals surface area contributed by atoms with Crippen LogP contribution in [0.3, 0.4) is 0 Å². The van der Waals surface area contributed by atoms with Gasteiger partial charge in [-0.3, -0.25) is 0 Å². The summed E-state index contributed by atoms with van der Waals surface area (Å²) in [5.74, 6) is 0.0757. The Kier molecular flexibility index (Phi) is 2.74. The summed E-state index contributed by atoms with van der Waals surface area (Å²) in [5.41, 5.74) is 2.78. The van der Waals surface area contributed by atoms with Gasteiger partial charge in [-0.15, -0.1) is 0 Å². The molecule has 2 unspecified atom stereocenters. The largest absolute Gasteiger partial charge is 0.395 e. The summed E-state index contributed by atoms with van der Waals surface area (Å²) in [6.07, 6.45) is 1.99. The summed E-state index contributed by atoms with van der Waals surface area (Å²) >= 11 is 0. The van der Waals surface area contributed by atoms with E-state index in [4.69, 9.17) is 0 Å². The molecule has 1 saturated carbocycles. The highest BCUT2D eigenvalue weighted by Crippen LogP contribution is 2.67. The predicted octanol–water partition coefficient (Wildman–Crippen LogP) is 3.43. The molecule has 0 aliphatic heterocycles. The monoisotopic (exact) mass is 298 g/mol. The van der Waals surface area contributed by atoms with Gasteiger partial charge in [0.1, 0.15) is 5.82 Å². The average Bonchev–Trinajstić information content (AvgIpc) is 2.89. The first kappa shape index (κ1) is 13.8. The van der Waals surface area contributed by atoms with Crippen molar-refractivity contribution in [3.8, 4) is 11.3 Å². The van der Waals surface area contributed by atoms with Crippen LogP contribution in [0.1, 0.15) is 43.9 Å². The number of hydrogen-bond donors (Lipinski definition) is 1. The van der Waals surface area contributed by atoms with E-state index in [-0.39, 0.29) is 23.3 Å². The minimum Gasteiger partial charge on any atom is -0.395 e. The zero-order chi connectivity index (χ0) is 15.5. The van der Waals surface area contributed by atoms with Crippen molar-refractivity contribution in [1.29, 1.82) is 0 Å². The van der Waals surface area contributed by atoms with Crippen molar-refractivity contribution in [2.45, 2.75) is 38.0 Å². The Morgan fingerprint density at radius 1 is 1.27 bits per heavy atom. The molecular weight excluding hydrogens is 279 g/mol. The number of aromatic nitrogens is 2. The maximum atomic E-state index is 14.0. The lowest BCUT2D eigenvalue weighted by molar-refractivity contribution is 0.107. The Bertz CT molecular complexity index is 759. The number of aliphatic hydroxyl groups excluding tert-OH is 1. The molecular formula is C18H19FN2O. The number of halogens is 1. The van der Waals surface area contributed by atoms with Crippen LogP contribution in [0.4, 0.5) is 4.39 Å². The minimum atomic E-state index is -0.298. The Balaban J connectivity index is 1.90. The third-order valence-corrected chi connectivity index (χ3v) is 6.04. The van der Waals surface area contributed by atoms with E-state index in [1.165, 1.54) is 6.07 Å². The van der Waals surface area contributed by atoms with E-state index < -0.39 is 0 Å². The summed E-state index contributed by atoms with van der Waals surface area (Å²) < 4.78 is 14.0. The maximum Gasteiger partial charge on any atom is 0.132 e. The average molecular weight is 298 g/mol. The molecule has 2 aromatic rings. The second-order valence-corrected chi connectivity index (χ2v) is 7.07. The molecule has 114 valence electrons. The van der Waals surface area contributed by atoms with E-state index in [1.807, 2.05) is 6.07 Å². The van der Waals surface area contributed by atoms with Crippen LogP contribution in [0.2, 0.25) is 0 Å². The Labute approximate surface area is 129 Å². The van der Waals surface area contributed by atoms with Gasteiger partial charge >= 0.3 is 0 Å². The van der Waals surface area contributed by atoms with Gasteiger partial charge in [-0.2, -0.15) is 10.2 Å². The number of nitrogens with zero attached hydrogens (tertiary/aromatic N) is 2. The van der Waals surface area contributed by atoms with Crippen LogP contribution in [-0.2, 0) is 5.41 Å². The van der Waals surface area contributed by atoms with Gasteiger partial charge in [-0.25, -0.2) is 4.39 Å². The molecule has 0 saturated heterocycles. The first-order valence-corrected chi connectivity index (χ1v) is 7.75. The smallest absolute Gasteiger partial charge is 0.132 e. The topological polar surface area (TPSA) is 46.0 Å². The van der Waals surface area contributed by atoms with Crippen LogP contribution in [0.25, 0.3) is 11.3 Å². The second kappa shape index (κ2) is 4.35. The van der Waals surface area contributed by atoms with Crippen molar-refractivity contribution in [2.24, 2.45) is 5.41 Å². The Hall–Kier alpha value is -1.81. The highest BCUT2D eigenvalue weighted by atomic mass is 19.1. The molecule has 3 nitrogen and oxygen atoms in total. The molecule has 1 heterocycles. The Morgan fingerprint density at radius 3 is 2.77 bits per heavy atom. The van der Waals surface area contributed by atoms with Gasteiger partial charge in [0.05, 0.1) is 18.0 Å². The van der Waals surface area contributed by atoms with Crippen LogP contribution in [-0.4, -0.2) is 21.9 Å². The molecule has 22 heavy (non-hydrogen) atoms. The van der Waals surface area contributed by atoms with E-state index >= 15 is 0 Å². The van der Waals surface area contributed by atoms with Gasteiger partial charge in [0.2, 0.25) is 0 Å². The highest BCUT2D eigenvalue weighted by Gasteiger charge is 2.63. The van der Waals surface area contributed by atoms with Gasteiger partial charge in [0, 0.05) is 11.0 Å². The fourth-order valence-electron chi connectivity index (χ4n) is 4.58. The molecule has 2 atom stereocenters. The maximum absolute atomic E-state index is 14.0. The van der Waals surface area contributed by atoms with Crippen molar-refractivity contribution in [3.05, 3.63) is 47.4 Å². The molecule has 0 radical (unpaired) electrons. The van der Waals surface area contributed by atoms with E-state index in [0.717, 1.165) is 24.1 Å². The van der Waals surface area contributed by atoms with Crippen molar-refractivity contribution >= 4 is 0 Å². The summed E-state index contributed by atoms with van der Waals surface area (Å²) in [7, 11) is 0. The number of fused-ring (bicyclic) bond motifs is 5. The van der Waals surface area contributed by atoms with Gasteiger partial charge in [0.25, 0.3) is 0 Å². The third-order valence-electron chi connectivity index (χ3n) is 6.04.